The largest absolute Gasteiger partial charge is 0.393 e. The average molecular weight is 447 g/mol. The fraction of sp³-hybridized carbons (Fsp3) is 0.893. The van der Waals surface area contributed by atoms with E-state index in [0.29, 0.717) is 18.3 Å². The van der Waals surface area contributed by atoms with Crippen LogP contribution in [0, 0.1) is 46.3 Å². The summed E-state index contributed by atoms with van der Waals surface area (Å²) in [6.07, 6.45) is 8.23. The number of aliphatic hydroxyl groups excluding tert-OH is 2. The van der Waals surface area contributed by atoms with Gasteiger partial charge in [0.15, 0.2) is 0 Å². The van der Waals surface area contributed by atoms with Gasteiger partial charge in [0.05, 0.1) is 17.8 Å². The third-order valence-corrected chi connectivity index (χ3v) is 10.8. The minimum atomic E-state index is -0.996. The van der Waals surface area contributed by atoms with Crippen LogP contribution >= 0.6 is 0 Å². The van der Waals surface area contributed by atoms with Crippen LogP contribution in [0.2, 0.25) is 0 Å². The lowest BCUT2D eigenvalue weighted by Crippen LogP contribution is -2.55. The molecule has 0 heterocycles. The Morgan fingerprint density at radius 2 is 1.81 bits per heavy atom. The average Bonchev–Trinajstić information content (AvgIpc) is 3.06. The van der Waals surface area contributed by atoms with Gasteiger partial charge in [-0.3, -0.25) is 4.79 Å². The number of allylic oxidation sites excluding steroid dienone is 2. The van der Waals surface area contributed by atoms with Crippen molar-refractivity contribution in [2.24, 2.45) is 46.3 Å². The molecule has 4 heteroatoms. The van der Waals surface area contributed by atoms with E-state index >= 15 is 0 Å². The summed E-state index contributed by atoms with van der Waals surface area (Å²) < 4.78 is 0. The third-order valence-electron chi connectivity index (χ3n) is 10.8. The molecule has 0 aliphatic heterocycles. The van der Waals surface area contributed by atoms with Crippen LogP contribution in [0.15, 0.2) is 11.6 Å². The van der Waals surface area contributed by atoms with Gasteiger partial charge >= 0.3 is 0 Å². The van der Waals surface area contributed by atoms with Crippen LogP contribution in [0.3, 0.4) is 0 Å². The zero-order valence-electron chi connectivity index (χ0n) is 21.1. The summed E-state index contributed by atoms with van der Waals surface area (Å²) in [6, 6.07) is 0. The summed E-state index contributed by atoms with van der Waals surface area (Å²) in [5.41, 5.74) is 0.457. The van der Waals surface area contributed by atoms with Gasteiger partial charge in [-0.2, -0.15) is 0 Å². The van der Waals surface area contributed by atoms with E-state index in [0.717, 1.165) is 38.5 Å². The van der Waals surface area contributed by atoms with E-state index in [2.05, 4.69) is 33.8 Å². The van der Waals surface area contributed by atoms with Gasteiger partial charge in [0, 0.05) is 12.3 Å². The first kappa shape index (κ1) is 24.4. The molecule has 4 aliphatic rings. The Hall–Kier alpha value is -0.710. The maximum Gasteiger partial charge on any atom is 0.138 e. The van der Waals surface area contributed by atoms with Crippen molar-refractivity contribution in [1.29, 1.82) is 0 Å². The van der Waals surface area contributed by atoms with Crippen molar-refractivity contribution in [3.63, 3.8) is 0 Å². The molecule has 0 spiro atoms. The van der Waals surface area contributed by atoms with Crippen LogP contribution in [-0.4, -0.2) is 38.9 Å². The second kappa shape index (κ2) is 8.20. The van der Waals surface area contributed by atoms with E-state index in [1.807, 2.05) is 13.8 Å². The first-order valence-corrected chi connectivity index (χ1v) is 13.1. The molecular formula is C28H46O4. The summed E-state index contributed by atoms with van der Waals surface area (Å²) >= 11 is 0. The molecule has 4 nitrogen and oxygen atoms in total. The van der Waals surface area contributed by atoms with E-state index in [9.17, 15) is 20.1 Å². The SMILES string of the molecule is CC(C)C(C)C(=O)CC(C)(O)[C@H]1CC[C@H]2[C@@H]3C[C@H](O)[C@H]4C[C@@H](O)CC[C@]4(C)C3=CC[C@]12C. The zero-order valence-corrected chi connectivity index (χ0v) is 21.1. The van der Waals surface area contributed by atoms with Crippen molar-refractivity contribution in [3.05, 3.63) is 11.6 Å². The first-order valence-electron chi connectivity index (χ1n) is 13.1. The highest BCUT2D eigenvalue weighted by atomic mass is 16.3. The first-order chi connectivity index (χ1) is 14.8. The van der Waals surface area contributed by atoms with E-state index in [1.54, 1.807) is 0 Å². The van der Waals surface area contributed by atoms with Crippen molar-refractivity contribution >= 4 is 5.78 Å². The highest BCUT2D eigenvalue weighted by molar-refractivity contribution is 5.81. The Kier molecular flexibility index (Phi) is 6.26. The maximum atomic E-state index is 12.9. The molecule has 10 atom stereocenters. The predicted molar refractivity (Wildman–Crippen MR) is 127 cm³/mol. The second-order valence-corrected chi connectivity index (χ2v) is 13.0. The Morgan fingerprint density at radius 1 is 1.12 bits per heavy atom. The Balaban J connectivity index is 1.60. The number of hydrogen-bond donors (Lipinski definition) is 3. The lowest BCUT2D eigenvalue weighted by atomic mass is 9.47. The number of Topliss-reactive ketones (excluding diaryl/α,β-unsaturated/α-hetero) is 1. The molecular weight excluding hydrogens is 400 g/mol. The second-order valence-electron chi connectivity index (χ2n) is 13.0. The number of carbonyl (C=O) groups excluding carboxylic acids is 1. The molecule has 4 aliphatic carbocycles. The molecule has 3 saturated carbocycles. The lowest BCUT2D eigenvalue weighted by molar-refractivity contribution is -0.134. The van der Waals surface area contributed by atoms with Crippen LogP contribution < -0.4 is 0 Å². The molecule has 3 N–H and O–H groups in total. The van der Waals surface area contributed by atoms with Gasteiger partial charge < -0.3 is 15.3 Å². The van der Waals surface area contributed by atoms with Crippen molar-refractivity contribution in [3.8, 4) is 0 Å². The monoisotopic (exact) mass is 446 g/mol. The number of hydrogen-bond acceptors (Lipinski definition) is 4. The summed E-state index contributed by atoms with van der Waals surface area (Å²) in [6.45, 7) is 12.7. The van der Waals surface area contributed by atoms with Gasteiger partial charge in [-0.25, -0.2) is 0 Å². The number of ketones is 1. The summed E-state index contributed by atoms with van der Waals surface area (Å²) in [5, 5.41) is 33.0. The van der Waals surface area contributed by atoms with Crippen LogP contribution in [-0.2, 0) is 4.79 Å². The molecule has 0 aromatic carbocycles. The van der Waals surface area contributed by atoms with Gasteiger partial charge in [-0.1, -0.05) is 46.3 Å². The number of aliphatic hydroxyl groups is 3. The molecule has 0 aromatic rings. The summed E-state index contributed by atoms with van der Waals surface area (Å²) in [7, 11) is 0. The number of fused-ring (bicyclic) bond motifs is 5. The van der Waals surface area contributed by atoms with Crippen molar-refractivity contribution in [2.45, 2.75) is 111 Å². The van der Waals surface area contributed by atoms with Gasteiger partial charge in [0.1, 0.15) is 5.78 Å². The molecule has 182 valence electrons. The zero-order chi connectivity index (χ0) is 23.6. The quantitative estimate of drug-likeness (QED) is 0.525. The third kappa shape index (κ3) is 3.73. The van der Waals surface area contributed by atoms with Gasteiger partial charge in [-0.15, -0.1) is 0 Å². The Labute approximate surface area is 194 Å². The number of carbonyl (C=O) groups is 1. The molecule has 0 radical (unpaired) electrons. The fourth-order valence-corrected chi connectivity index (χ4v) is 8.58. The highest BCUT2D eigenvalue weighted by Crippen LogP contribution is 2.66. The minimum absolute atomic E-state index is 0.0217. The van der Waals surface area contributed by atoms with E-state index < -0.39 is 5.60 Å². The van der Waals surface area contributed by atoms with Gasteiger partial charge in [0.25, 0.3) is 0 Å². The Bertz CT molecular complexity index is 769. The molecule has 0 bridgehead atoms. The minimum Gasteiger partial charge on any atom is -0.393 e. The van der Waals surface area contributed by atoms with Crippen LogP contribution in [0.4, 0.5) is 0 Å². The standard InChI is InChI=1S/C28H46O4/c1-16(2)17(3)24(31)15-28(6,32)25-8-7-20-19-14-23(30)22-13-18(29)9-11-26(22,4)21(19)10-12-27(20,25)5/h10,16-20,22-23,25,29-30,32H,7-9,11-15H2,1-6H3/t17?,18-,19-,20-,22+,23-,25-,26+,27-,28?/m0/s1. The van der Waals surface area contributed by atoms with Crippen LogP contribution in [0.5, 0.6) is 0 Å². The molecule has 32 heavy (non-hydrogen) atoms. The molecule has 4 rings (SSSR count). The van der Waals surface area contributed by atoms with Crippen LogP contribution in [0.25, 0.3) is 0 Å². The van der Waals surface area contributed by atoms with Crippen molar-refractivity contribution in [1.82, 2.24) is 0 Å². The molecule has 2 unspecified atom stereocenters. The van der Waals surface area contributed by atoms with Crippen molar-refractivity contribution in [2.75, 3.05) is 0 Å². The van der Waals surface area contributed by atoms with E-state index in [-0.39, 0.29) is 58.9 Å². The van der Waals surface area contributed by atoms with Gasteiger partial charge in [-0.05, 0) is 92.3 Å². The van der Waals surface area contributed by atoms with Gasteiger partial charge in [0.2, 0.25) is 0 Å². The topological polar surface area (TPSA) is 77.8 Å². The van der Waals surface area contributed by atoms with Crippen LogP contribution in [0.1, 0.15) is 92.9 Å². The van der Waals surface area contributed by atoms with Crippen molar-refractivity contribution < 1.29 is 20.1 Å². The van der Waals surface area contributed by atoms with E-state index in [1.165, 1.54) is 5.57 Å². The summed E-state index contributed by atoms with van der Waals surface area (Å²) in [4.78, 5) is 12.9. The van der Waals surface area contributed by atoms with E-state index in [4.69, 9.17) is 0 Å². The summed E-state index contributed by atoms with van der Waals surface area (Å²) in [5.74, 6) is 1.47. The number of rotatable bonds is 5. The lowest BCUT2D eigenvalue weighted by Gasteiger charge is -2.58. The predicted octanol–water partition coefficient (Wildman–Crippen LogP) is 4.90. The smallest absolute Gasteiger partial charge is 0.138 e. The highest BCUT2D eigenvalue weighted by Gasteiger charge is 2.61. The maximum absolute atomic E-state index is 12.9. The Morgan fingerprint density at radius 3 is 2.47 bits per heavy atom. The molecule has 3 fully saturated rings. The normalized spacial score (nSPS) is 46.5. The molecule has 0 saturated heterocycles. The molecule has 0 aromatic heterocycles. The molecule has 0 amide bonds. The fourth-order valence-electron chi connectivity index (χ4n) is 8.58.